The Labute approximate surface area is 109 Å². The van der Waals surface area contributed by atoms with E-state index in [0.717, 1.165) is 5.69 Å². The molecular formula is C16H20NO+. The lowest BCUT2D eigenvalue weighted by atomic mass is 9.97. The van der Waals surface area contributed by atoms with Gasteiger partial charge in [0.2, 0.25) is 6.20 Å². The van der Waals surface area contributed by atoms with Crippen molar-refractivity contribution < 1.29 is 9.57 Å². The summed E-state index contributed by atoms with van der Waals surface area (Å²) in [5.41, 5.74) is 6.23. The smallest absolute Gasteiger partial charge is 0.265 e. The monoisotopic (exact) mass is 242 g/mol. The first-order valence-electron chi connectivity index (χ1n) is 6.35. The Balaban J connectivity index is 2.62. The van der Waals surface area contributed by atoms with E-state index >= 15 is 0 Å². The number of hydrogen-bond donors (Lipinski definition) is 0. The summed E-state index contributed by atoms with van der Waals surface area (Å²) in [5.74, 6) is 0. The van der Waals surface area contributed by atoms with Gasteiger partial charge in [0.05, 0.1) is 5.56 Å². The van der Waals surface area contributed by atoms with Crippen molar-refractivity contribution in [2.24, 2.45) is 0 Å². The Hall–Kier alpha value is -1.83. The number of hydrogen-bond acceptors (Lipinski definition) is 1. The lowest BCUT2D eigenvalue weighted by Gasteiger charge is -2.09. The van der Waals surface area contributed by atoms with Gasteiger partial charge in [-0.05, 0) is 44.9 Å². The summed E-state index contributed by atoms with van der Waals surface area (Å²) >= 11 is 0. The van der Waals surface area contributed by atoms with Crippen LogP contribution in [0.1, 0.15) is 23.6 Å². The van der Waals surface area contributed by atoms with E-state index in [-0.39, 0.29) is 0 Å². The normalized spacial score (nSPS) is 10.4. The number of aromatic nitrogens is 1. The molecule has 0 bridgehead atoms. The van der Waals surface area contributed by atoms with Crippen molar-refractivity contribution in [1.82, 2.24) is 0 Å². The van der Waals surface area contributed by atoms with E-state index in [2.05, 4.69) is 39.0 Å². The Kier molecular flexibility index (Phi) is 3.66. The van der Waals surface area contributed by atoms with Gasteiger partial charge in [0, 0.05) is 16.9 Å². The first kappa shape index (κ1) is 12.6. The van der Waals surface area contributed by atoms with Gasteiger partial charge in [0.25, 0.3) is 5.69 Å². The summed E-state index contributed by atoms with van der Waals surface area (Å²) in [6.45, 7) is 9.09. The fourth-order valence-electron chi connectivity index (χ4n) is 2.46. The van der Waals surface area contributed by atoms with Crippen molar-refractivity contribution in [2.75, 3.05) is 6.61 Å². The average Bonchev–Trinajstić information content (AvgIpc) is 2.30. The van der Waals surface area contributed by atoms with Crippen LogP contribution in [0.3, 0.4) is 0 Å². The van der Waals surface area contributed by atoms with Gasteiger partial charge in [0.15, 0.2) is 6.61 Å². The maximum absolute atomic E-state index is 5.65. The molecule has 0 atom stereocenters. The summed E-state index contributed by atoms with van der Waals surface area (Å²) in [7, 11) is 0. The Morgan fingerprint density at radius 2 is 1.72 bits per heavy atom. The van der Waals surface area contributed by atoms with Gasteiger partial charge < -0.3 is 0 Å². The molecule has 1 aromatic carbocycles. The topological polar surface area (TPSA) is 13.1 Å². The Morgan fingerprint density at radius 3 is 2.33 bits per heavy atom. The molecule has 2 heteroatoms. The highest BCUT2D eigenvalue weighted by Gasteiger charge is 2.18. The van der Waals surface area contributed by atoms with E-state index in [1.165, 1.54) is 22.3 Å². The van der Waals surface area contributed by atoms with Crippen LogP contribution >= 0.6 is 0 Å². The maximum Gasteiger partial charge on any atom is 0.265 e. The minimum Gasteiger partial charge on any atom is -0.271 e. The fraction of sp³-hybridized carbons (Fsp3) is 0.312. The van der Waals surface area contributed by atoms with Crippen LogP contribution in [-0.2, 0) is 0 Å². The third-order valence-corrected chi connectivity index (χ3v) is 3.03. The summed E-state index contributed by atoms with van der Waals surface area (Å²) in [5, 5.41) is 0. The van der Waals surface area contributed by atoms with Crippen molar-refractivity contribution in [3.05, 3.63) is 53.2 Å². The SMILES string of the molecule is CCO[n+]1ccccc1-c1c(C)cc(C)cc1C. The summed E-state index contributed by atoms with van der Waals surface area (Å²) in [4.78, 5) is 5.65. The number of benzene rings is 1. The largest absolute Gasteiger partial charge is 0.271 e. The fourth-order valence-corrected chi connectivity index (χ4v) is 2.46. The van der Waals surface area contributed by atoms with Crippen LogP contribution in [0.15, 0.2) is 36.5 Å². The molecule has 0 fully saturated rings. The third kappa shape index (κ3) is 2.37. The molecule has 0 saturated heterocycles. The van der Waals surface area contributed by atoms with E-state index in [1.807, 2.05) is 30.0 Å². The van der Waals surface area contributed by atoms with Crippen molar-refractivity contribution in [2.45, 2.75) is 27.7 Å². The lowest BCUT2D eigenvalue weighted by molar-refractivity contribution is -0.882. The molecule has 18 heavy (non-hydrogen) atoms. The van der Waals surface area contributed by atoms with Gasteiger partial charge in [-0.25, -0.2) is 0 Å². The van der Waals surface area contributed by atoms with Crippen molar-refractivity contribution in [1.29, 1.82) is 0 Å². The lowest BCUT2D eigenvalue weighted by Crippen LogP contribution is -2.44. The number of aryl methyl sites for hydroxylation is 3. The molecule has 2 rings (SSSR count). The van der Waals surface area contributed by atoms with Crippen molar-refractivity contribution in [3.8, 4) is 11.3 Å². The molecule has 2 nitrogen and oxygen atoms in total. The number of pyridine rings is 1. The molecule has 0 unspecified atom stereocenters. The Morgan fingerprint density at radius 1 is 1.06 bits per heavy atom. The molecule has 0 radical (unpaired) electrons. The highest BCUT2D eigenvalue weighted by molar-refractivity contribution is 5.65. The van der Waals surface area contributed by atoms with Gasteiger partial charge in [0.1, 0.15) is 0 Å². The summed E-state index contributed by atoms with van der Waals surface area (Å²) in [6.07, 6.45) is 1.96. The molecule has 0 aliphatic rings. The van der Waals surface area contributed by atoms with Crippen LogP contribution < -0.4 is 9.57 Å². The average molecular weight is 242 g/mol. The molecule has 1 aromatic heterocycles. The standard InChI is InChI=1S/C16H20NO/c1-5-18-17-9-7-6-8-15(17)16-13(3)10-12(2)11-14(16)4/h6-11H,5H2,1-4H3/q+1. The minimum atomic E-state index is 0.658. The van der Waals surface area contributed by atoms with Crippen molar-refractivity contribution >= 4 is 0 Å². The molecule has 0 spiro atoms. The highest BCUT2D eigenvalue weighted by atomic mass is 16.7. The van der Waals surface area contributed by atoms with Crippen molar-refractivity contribution in [3.63, 3.8) is 0 Å². The minimum absolute atomic E-state index is 0.658. The molecule has 0 saturated carbocycles. The summed E-state index contributed by atoms with van der Waals surface area (Å²) < 4.78 is 1.85. The quantitative estimate of drug-likeness (QED) is 0.754. The van der Waals surface area contributed by atoms with Gasteiger partial charge >= 0.3 is 0 Å². The molecule has 0 N–H and O–H groups in total. The predicted molar refractivity (Wildman–Crippen MR) is 73.4 cm³/mol. The van der Waals surface area contributed by atoms with Crippen LogP contribution in [-0.4, -0.2) is 6.61 Å². The van der Waals surface area contributed by atoms with Gasteiger partial charge in [-0.3, -0.25) is 4.84 Å². The van der Waals surface area contributed by atoms with Crippen LogP contribution in [0.5, 0.6) is 0 Å². The second-order valence-electron chi connectivity index (χ2n) is 4.60. The zero-order chi connectivity index (χ0) is 13.1. The second kappa shape index (κ2) is 5.21. The van der Waals surface area contributed by atoms with Gasteiger partial charge in [-0.1, -0.05) is 17.7 Å². The van der Waals surface area contributed by atoms with Gasteiger partial charge in [-0.2, -0.15) is 0 Å². The van der Waals surface area contributed by atoms with Crippen LogP contribution in [0.4, 0.5) is 0 Å². The van der Waals surface area contributed by atoms with Crippen LogP contribution in [0, 0.1) is 20.8 Å². The molecule has 0 amide bonds. The summed E-state index contributed by atoms with van der Waals surface area (Å²) in [6, 6.07) is 10.6. The second-order valence-corrected chi connectivity index (χ2v) is 4.60. The first-order chi connectivity index (χ1) is 8.63. The zero-order valence-electron chi connectivity index (χ0n) is 11.5. The third-order valence-electron chi connectivity index (χ3n) is 3.03. The maximum atomic E-state index is 5.65. The van der Waals surface area contributed by atoms with Crippen LogP contribution in [0.25, 0.3) is 11.3 Å². The number of rotatable bonds is 3. The van der Waals surface area contributed by atoms with Gasteiger partial charge in [-0.15, -0.1) is 0 Å². The zero-order valence-corrected chi connectivity index (χ0v) is 11.5. The molecule has 94 valence electrons. The first-order valence-corrected chi connectivity index (χ1v) is 6.35. The number of nitrogens with zero attached hydrogens (tertiary/aromatic N) is 1. The molecule has 1 heterocycles. The molecule has 0 aliphatic heterocycles. The Bertz CT molecular complexity index is 538. The predicted octanol–water partition coefficient (Wildman–Crippen LogP) is 3.01. The molecular weight excluding hydrogens is 222 g/mol. The molecule has 2 aromatic rings. The van der Waals surface area contributed by atoms with E-state index < -0.39 is 0 Å². The van der Waals surface area contributed by atoms with E-state index in [4.69, 9.17) is 4.84 Å². The van der Waals surface area contributed by atoms with E-state index in [1.54, 1.807) is 0 Å². The highest BCUT2D eigenvalue weighted by Crippen LogP contribution is 2.25. The molecule has 0 aliphatic carbocycles. The van der Waals surface area contributed by atoms with Crippen LogP contribution in [0.2, 0.25) is 0 Å². The van der Waals surface area contributed by atoms with E-state index in [0.29, 0.717) is 6.61 Å². The van der Waals surface area contributed by atoms with E-state index in [9.17, 15) is 0 Å².